The third-order valence-corrected chi connectivity index (χ3v) is 6.23. The van der Waals surface area contributed by atoms with Crippen LogP contribution in [0.15, 0.2) is 59.5 Å². The Bertz CT molecular complexity index is 816. The highest BCUT2D eigenvalue weighted by molar-refractivity contribution is 7.89. The molecule has 5 nitrogen and oxygen atoms in total. The zero-order valence-electron chi connectivity index (χ0n) is 13.1. The van der Waals surface area contributed by atoms with Crippen LogP contribution in [0.2, 0.25) is 0 Å². The molecule has 24 heavy (non-hydrogen) atoms. The van der Waals surface area contributed by atoms with Crippen molar-refractivity contribution >= 4 is 16.0 Å². The van der Waals surface area contributed by atoms with Gasteiger partial charge in [0.1, 0.15) is 6.04 Å². The SMILES string of the molecule is O=C(O)[C@@H]1CCCCN1S(=O)(=O)c1ccc(-c2ccccc2)cc1. The summed E-state index contributed by atoms with van der Waals surface area (Å²) in [6, 6.07) is 15.3. The molecule has 0 aliphatic carbocycles. The summed E-state index contributed by atoms with van der Waals surface area (Å²) in [6.07, 6.45) is 1.78. The van der Waals surface area contributed by atoms with Crippen LogP contribution in [0.4, 0.5) is 0 Å². The van der Waals surface area contributed by atoms with Crippen molar-refractivity contribution in [1.82, 2.24) is 4.31 Å². The lowest BCUT2D eigenvalue weighted by atomic mass is 10.1. The van der Waals surface area contributed by atoms with Crippen LogP contribution >= 0.6 is 0 Å². The lowest BCUT2D eigenvalue weighted by molar-refractivity contribution is -0.142. The number of sulfonamides is 1. The van der Waals surface area contributed by atoms with Crippen LogP contribution in [-0.4, -0.2) is 36.4 Å². The Morgan fingerprint density at radius 1 is 0.958 bits per heavy atom. The summed E-state index contributed by atoms with van der Waals surface area (Å²) in [6.45, 7) is 0.250. The van der Waals surface area contributed by atoms with Crippen molar-refractivity contribution < 1.29 is 18.3 Å². The fourth-order valence-corrected chi connectivity index (χ4v) is 4.68. The normalized spacial score (nSPS) is 19.1. The van der Waals surface area contributed by atoms with Gasteiger partial charge in [0.25, 0.3) is 0 Å². The zero-order valence-corrected chi connectivity index (χ0v) is 13.9. The van der Waals surface area contributed by atoms with Crippen LogP contribution in [0.1, 0.15) is 19.3 Å². The van der Waals surface area contributed by atoms with Gasteiger partial charge in [-0.05, 0) is 42.5 Å². The second-order valence-corrected chi connectivity index (χ2v) is 7.75. The fourth-order valence-electron chi connectivity index (χ4n) is 3.02. The van der Waals surface area contributed by atoms with E-state index in [9.17, 15) is 18.3 Å². The van der Waals surface area contributed by atoms with E-state index in [1.165, 1.54) is 0 Å². The third kappa shape index (κ3) is 3.20. The van der Waals surface area contributed by atoms with E-state index in [2.05, 4.69) is 0 Å². The smallest absolute Gasteiger partial charge is 0.322 e. The molecule has 0 bridgehead atoms. The first-order valence-corrected chi connectivity index (χ1v) is 9.34. The van der Waals surface area contributed by atoms with Gasteiger partial charge in [-0.15, -0.1) is 0 Å². The van der Waals surface area contributed by atoms with E-state index in [0.29, 0.717) is 12.8 Å². The standard InChI is InChI=1S/C18H19NO4S/c20-18(21)17-8-4-5-13-19(17)24(22,23)16-11-9-15(10-12-16)14-6-2-1-3-7-14/h1-3,6-7,9-12,17H,4-5,8,13H2,(H,20,21)/t17-/m0/s1. The molecule has 1 aliphatic rings. The van der Waals surface area contributed by atoms with Gasteiger partial charge in [-0.25, -0.2) is 8.42 Å². The summed E-state index contributed by atoms with van der Waals surface area (Å²) in [5.41, 5.74) is 1.92. The van der Waals surface area contributed by atoms with Gasteiger partial charge < -0.3 is 5.11 Å². The first kappa shape index (κ1) is 16.7. The minimum Gasteiger partial charge on any atom is -0.480 e. The maximum Gasteiger partial charge on any atom is 0.322 e. The minimum absolute atomic E-state index is 0.135. The zero-order chi connectivity index (χ0) is 17.2. The molecule has 3 rings (SSSR count). The molecule has 126 valence electrons. The summed E-state index contributed by atoms with van der Waals surface area (Å²) in [5, 5.41) is 9.31. The minimum atomic E-state index is -3.80. The average molecular weight is 345 g/mol. The fraction of sp³-hybridized carbons (Fsp3) is 0.278. The van der Waals surface area contributed by atoms with Crippen molar-refractivity contribution in [3.63, 3.8) is 0 Å². The molecule has 6 heteroatoms. The maximum absolute atomic E-state index is 12.8. The van der Waals surface area contributed by atoms with Crippen molar-refractivity contribution in [2.45, 2.75) is 30.2 Å². The molecule has 0 radical (unpaired) electrons. The lowest BCUT2D eigenvalue weighted by Crippen LogP contribution is -2.47. The third-order valence-electron chi connectivity index (χ3n) is 4.31. The first-order valence-electron chi connectivity index (χ1n) is 7.90. The van der Waals surface area contributed by atoms with E-state index in [-0.39, 0.29) is 11.4 Å². The first-order chi connectivity index (χ1) is 11.5. The number of carbonyl (C=O) groups is 1. The van der Waals surface area contributed by atoms with Gasteiger partial charge in [0.2, 0.25) is 10.0 Å². The molecule has 0 saturated carbocycles. The molecule has 1 N–H and O–H groups in total. The molecule has 0 aromatic heterocycles. The van der Waals surface area contributed by atoms with Crippen LogP contribution in [0.5, 0.6) is 0 Å². The summed E-state index contributed by atoms with van der Waals surface area (Å²) in [4.78, 5) is 11.5. The van der Waals surface area contributed by atoms with E-state index >= 15 is 0 Å². The van der Waals surface area contributed by atoms with Crippen molar-refractivity contribution in [3.8, 4) is 11.1 Å². The number of hydrogen-bond acceptors (Lipinski definition) is 3. The Hall–Kier alpha value is -2.18. The molecular formula is C18H19NO4S. The van der Waals surface area contributed by atoms with Gasteiger partial charge in [0, 0.05) is 6.54 Å². The Morgan fingerprint density at radius 3 is 2.21 bits per heavy atom. The van der Waals surface area contributed by atoms with Gasteiger partial charge in [0.05, 0.1) is 4.90 Å². The Labute approximate surface area is 141 Å². The van der Waals surface area contributed by atoms with E-state index in [1.54, 1.807) is 24.3 Å². The number of piperidine rings is 1. The monoisotopic (exact) mass is 345 g/mol. The summed E-state index contributed by atoms with van der Waals surface area (Å²) in [5.74, 6) is -1.08. The second-order valence-electron chi connectivity index (χ2n) is 5.86. The predicted molar refractivity (Wildman–Crippen MR) is 91.0 cm³/mol. The summed E-state index contributed by atoms with van der Waals surface area (Å²) in [7, 11) is -3.80. The molecule has 1 heterocycles. The molecule has 0 amide bonds. The molecule has 2 aromatic rings. The van der Waals surface area contributed by atoms with Crippen LogP contribution in [0.3, 0.4) is 0 Å². The van der Waals surface area contributed by atoms with Crippen molar-refractivity contribution in [2.75, 3.05) is 6.54 Å². The quantitative estimate of drug-likeness (QED) is 0.924. The van der Waals surface area contributed by atoms with Gasteiger partial charge in [-0.2, -0.15) is 4.31 Å². The number of carboxylic acid groups (broad SMARTS) is 1. The Morgan fingerprint density at radius 2 is 1.58 bits per heavy atom. The molecule has 0 spiro atoms. The van der Waals surface area contributed by atoms with E-state index in [1.807, 2.05) is 30.3 Å². The topological polar surface area (TPSA) is 74.7 Å². The van der Waals surface area contributed by atoms with Crippen LogP contribution in [-0.2, 0) is 14.8 Å². The van der Waals surface area contributed by atoms with Gasteiger partial charge >= 0.3 is 5.97 Å². The number of rotatable bonds is 4. The second kappa shape index (κ2) is 6.75. The van der Waals surface area contributed by atoms with Crippen molar-refractivity contribution in [3.05, 3.63) is 54.6 Å². The molecule has 1 aliphatic heterocycles. The number of nitrogens with zero attached hydrogens (tertiary/aromatic N) is 1. The summed E-state index contributed by atoms with van der Waals surface area (Å²) >= 11 is 0. The van der Waals surface area contributed by atoms with Gasteiger partial charge in [0.15, 0.2) is 0 Å². The van der Waals surface area contributed by atoms with E-state index in [4.69, 9.17) is 0 Å². The highest BCUT2D eigenvalue weighted by Crippen LogP contribution is 2.27. The van der Waals surface area contributed by atoms with E-state index in [0.717, 1.165) is 21.9 Å². The number of carboxylic acids is 1. The number of hydrogen-bond donors (Lipinski definition) is 1. The molecule has 1 saturated heterocycles. The highest BCUT2D eigenvalue weighted by atomic mass is 32.2. The average Bonchev–Trinajstić information content (AvgIpc) is 2.62. The largest absolute Gasteiger partial charge is 0.480 e. The maximum atomic E-state index is 12.8. The number of aliphatic carboxylic acids is 1. The lowest BCUT2D eigenvalue weighted by Gasteiger charge is -2.31. The Balaban J connectivity index is 1.91. The van der Waals surface area contributed by atoms with Crippen molar-refractivity contribution in [2.24, 2.45) is 0 Å². The predicted octanol–water partition coefficient (Wildman–Crippen LogP) is 2.98. The van der Waals surface area contributed by atoms with Crippen molar-refractivity contribution in [1.29, 1.82) is 0 Å². The molecule has 1 atom stereocenters. The summed E-state index contributed by atoms with van der Waals surface area (Å²) < 4.78 is 26.7. The molecule has 1 fully saturated rings. The van der Waals surface area contributed by atoms with Crippen LogP contribution < -0.4 is 0 Å². The Kier molecular flexibility index (Phi) is 4.69. The molecule has 0 unspecified atom stereocenters. The molecular weight excluding hydrogens is 326 g/mol. The van der Waals surface area contributed by atoms with Gasteiger partial charge in [-0.3, -0.25) is 4.79 Å². The van der Waals surface area contributed by atoms with E-state index < -0.39 is 22.0 Å². The molecule has 2 aromatic carbocycles. The van der Waals surface area contributed by atoms with Gasteiger partial charge in [-0.1, -0.05) is 42.5 Å². The number of benzene rings is 2. The highest BCUT2D eigenvalue weighted by Gasteiger charge is 2.37. The van der Waals surface area contributed by atoms with Crippen LogP contribution in [0, 0.1) is 0 Å². The van der Waals surface area contributed by atoms with Crippen LogP contribution in [0.25, 0.3) is 11.1 Å².